The molecule has 1 fully saturated rings. The molecule has 0 N–H and O–H groups in total. The van der Waals surface area contributed by atoms with Gasteiger partial charge in [0, 0.05) is 0 Å². The summed E-state index contributed by atoms with van der Waals surface area (Å²) in [5.74, 6) is -3.55. The minimum Gasteiger partial charge on any atom is -0.206 e. The Morgan fingerprint density at radius 2 is 1.43 bits per heavy atom. The lowest BCUT2D eigenvalue weighted by atomic mass is 9.79. The van der Waals surface area contributed by atoms with Crippen molar-refractivity contribution < 1.29 is 26.3 Å². The van der Waals surface area contributed by atoms with E-state index in [0.717, 1.165) is 36.5 Å². The normalized spacial score (nSPS) is 21.0. The first-order valence-electron chi connectivity index (χ1n) is 9.19. The summed E-state index contributed by atoms with van der Waals surface area (Å²) >= 11 is 0. The van der Waals surface area contributed by atoms with Gasteiger partial charge in [-0.25, -0.2) is 13.2 Å². The predicted molar refractivity (Wildman–Crippen MR) is 97.3 cm³/mol. The van der Waals surface area contributed by atoms with Crippen LogP contribution < -0.4 is 0 Å². The number of alkyl halides is 3. The standard InChI is InChI=1S/C22H20F6/c1-13-2-4-14(5-3-13)15-6-8-16(9-7-15)17-10-18(23)21(19(24)11-17)20(25)12-22(26,27)28/h6-14H,2-5H2,1H3/b20-12-. The van der Waals surface area contributed by atoms with Gasteiger partial charge < -0.3 is 0 Å². The van der Waals surface area contributed by atoms with Gasteiger partial charge in [0.05, 0.1) is 11.6 Å². The van der Waals surface area contributed by atoms with E-state index in [1.54, 1.807) is 12.1 Å². The van der Waals surface area contributed by atoms with Crippen LogP contribution in [0.25, 0.3) is 17.0 Å². The molecule has 0 aliphatic heterocycles. The fourth-order valence-corrected chi connectivity index (χ4v) is 3.72. The van der Waals surface area contributed by atoms with Gasteiger partial charge in [-0.3, -0.25) is 0 Å². The van der Waals surface area contributed by atoms with E-state index in [1.165, 1.54) is 12.8 Å². The van der Waals surface area contributed by atoms with Crippen LogP contribution >= 0.6 is 0 Å². The summed E-state index contributed by atoms with van der Waals surface area (Å²) in [7, 11) is 0. The van der Waals surface area contributed by atoms with Crippen LogP contribution in [0.5, 0.6) is 0 Å². The topological polar surface area (TPSA) is 0 Å². The molecule has 1 aliphatic rings. The smallest absolute Gasteiger partial charge is 0.206 e. The molecule has 1 saturated carbocycles. The van der Waals surface area contributed by atoms with Gasteiger partial charge in [-0.15, -0.1) is 0 Å². The van der Waals surface area contributed by atoms with E-state index in [1.807, 2.05) is 12.1 Å². The molecule has 150 valence electrons. The van der Waals surface area contributed by atoms with Crippen LogP contribution in [-0.4, -0.2) is 6.18 Å². The summed E-state index contributed by atoms with van der Waals surface area (Å²) in [6.45, 7) is 2.23. The largest absolute Gasteiger partial charge is 0.412 e. The van der Waals surface area contributed by atoms with Crippen LogP contribution in [0.1, 0.15) is 49.7 Å². The van der Waals surface area contributed by atoms with Crippen LogP contribution in [0.15, 0.2) is 42.5 Å². The van der Waals surface area contributed by atoms with Crippen LogP contribution in [0.4, 0.5) is 26.3 Å². The molecule has 0 amide bonds. The van der Waals surface area contributed by atoms with Crippen molar-refractivity contribution in [3.63, 3.8) is 0 Å². The fourth-order valence-electron chi connectivity index (χ4n) is 3.72. The number of allylic oxidation sites excluding steroid dienone is 1. The monoisotopic (exact) mass is 398 g/mol. The van der Waals surface area contributed by atoms with Gasteiger partial charge in [0.25, 0.3) is 0 Å². The highest BCUT2D eigenvalue weighted by Gasteiger charge is 2.28. The molecule has 1 aliphatic carbocycles. The zero-order valence-corrected chi connectivity index (χ0v) is 15.3. The minimum absolute atomic E-state index is 0.141. The van der Waals surface area contributed by atoms with E-state index in [-0.39, 0.29) is 5.56 Å². The summed E-state index contributed by atoms with van der Waals surface area (Å²) < 4.78 is 78.7. The molecule has 2 aromatic rings. The van der Waals surface area contributed by atoms with Crippen LogP contribution in [0, 0.1) is 17.6 Å². The Labute approximate surface area is 159 Å². The Bertz CT molecular complexity index is 833. The molecule has 0 atom stereocenters. The highest BCUT2D eigenvalue weighted by molar-refractivity contribution is 5.69. The molecule has 6 heteroatoms. The Morgan fingerprint density at radius 1 is 0.893 bits per heavy atom. The first-order chi connectivity index (χ1) is 13.1. The molecule has 0 spiro atoms. The van der Waals surface area contributed by atoms with Crippen molar-refractivity contribution in [2.45, 2.75) is 44.7 Å². The zero-order chi connectivity index (χ0) is 20.5. The Balaban J connectivity index is 1.85. The van der Waals surface area contributed by atoms with Crippen LogP contribution in [0.2, 0.25) is 0 Å². The maximum absolute atomic E-state index is 14.1. The molecule has 0 aromatic heterocycles. The SMILES string of the molecule is CC1CCC(c2ccc(-c3cc(F)c(/C(F)=C/C(F)(F)F)c(F)c3)cc2)CC1. The lowest BCUT2D eigenvalue weighted by Gasteiger charge is -2.26. The predicted octanol–water partition coefficient (Wildman–Crippen LogP) is 7.80. The zero-order valence-electron chi connectivity index (χ0n) is 15.3. The molecule has 0 nitrogen and oxygen atoms in total. The average Bonchev–Trinajstić information content (AvgIpc) is 2.60. The Hall–Kier alpha value is -2.24. The third-order valence-corrected chi connectivity index (χ3v) is 5.30. The molecular formula is C22H20F6. The summed E-state index contributed by atoms with van der Waals surface area (Å²) in [6.07, 6.45) is -1.22. The summed E-state index contributed by atoms with van der Waals surface area (Å²) in [5, 5.41) is 0. The summed E-state index contributed by atoms with van der Waals surface area (Å²) in [5.41, 5.74) is 0.501. The van der Waals surface area contributed by atoms with Crippen molar-refractivity contribution in [3.05, 3.63) is 65.2 Å². The van der Waals surface area contributed by atoms with Gasteiger partial charge in [-0.1, -0.05) is 44.0 Å². The van der Waals surface area contributed by atoms with E-state index < -0.39 is 35.3 Å². The molecule has 0 unspecified atom stereocenters. The second-order valence-electron chi connectivity index (χ2n) is 7.43. The van der Waals surface area contributed by atoms with E-state index in [9.17, 15) is 26.3 Å². The van der Waals surface area contributed by atoms with Crippen LogP contribution in [0.3, 0.4) is 0 Å². The molecule has 0 heterocycles. The van der Waals surface area contributed by atoms with Gasteiger partial charge in [0.1, 0.15) is 17.5 Å². The van der Waals surface area contributed by atoms with Gasteiger partial charge in [-0.05, 0) is 53.5 Å². The van der Waals surface area contributed by atoms with Crippen molar-refractivity contribution in [3.8, 4) is 11.1 Å². The number of halogens is 6. The highest BCUT2D eigenvalue weighted by Crippen LogP contribution is 2.37. The fraction of sp³-hybridized carbons (Fsp3) is 0.364. The average molecular weight is 398 g/mol. The van der Waals surface area contributed by atoms with Crippen molar-refractivity contribution in [1.82, 2.24) is 0 Å². The number of hydrogen-bond acceptors (Lipinski definition) is 0. The molecule has 0 bridgehead atoms. The maximum Gasteiger partial charge on any atom is 0.412 e. The number of rotatable bonds is 3. The molecule has 0 radical (unpaired) electrons. The lowest BCUT2D eigenvalue weighted by molar-refractivity contribution is -0.0798. The number of benzene rings is 2. The molecule has 28 heavy (non-hydrogen) atoms. The van der Waals surface area contributed by atoms with Gasteiger partial charge in [-0.2, -0.15) is 13.2 Å². The highest BCUT2D eigenvalue weighted by atomic mass is 19.4. The van der Waals surface area contributed by atoms with Crippen LogP contribution in [-0.2, 0) is 0 Å². The summed E-state index contributed by atoms with van der Waals surface area (Å²) in [6, 6.07) is 8.96. The second kappa shape index (κ2) is 8.02. The first-order valence-corrected chi connectivity index (χ1v) is 9.19. The van der Waals surface area contributed by atoms with E-state index in [0.29, 0.717) is 11.5 Å². The van der Waals surface area contributed by atoms with Crippen molar-refractivity contribution in [2.75, 3.05) is 0 Å². The maximum atomic E-state index is 14.1. The minimum atomic E-state index is -5.01. The molecule has 2 aromatic carbocycles. The Morgan fingerprint density at radius 3 is 1.93 bits per heavy atom. The first kappa shape index (κ1) is 20.5. The second-order valence-corrected chi connectivity index (χ2v) is 7.43. The van der Waals surface area contributed by atoms with Gasteiger partial charge in [0.2, 0.25) is 0 Å². The third-order valence-electron chi connectivity index (χ3n) is 5.30. The summed E-state index contributed by atoms with van der Waals surface area (Å²) in [4.78, 5) is 0. The lowest BCUT2D eigenvalue weighted by Crippen LogP contribution is -2.10. The van der Waals surface area contributed by atoms with Gasteiger partial charge >= 0.3 is 6.18 Å². The van der Waals surface area contributed by atoms with E-state index in [4.69, 9.17) is 0 Å². The molecular weight excluding hydrogens is 378 g/mol. The quantitative estimate of drug-likeness (QED) is 0.463. The van der Waals surface area contributed by atoms with Gasteiger partial charge in [0.15, 0.2) is 0 Å². The van der Waals surface area contributed by atoms with Crippen molar-refractivity contribution >= 4 is 5.83 Å². The van der Waals surface area contributed by atoms with Crippen molar-refractivity contribution in [2.24, 2.45) is 5.92 Å². The Kier molecular flexibility index (Phi) is 5.87. The van der Waals surface area contributed by atoms with Crippen molar-refractivity contribution in [1.29, 1.82) is 0 Å². The number of hydrogen-bond donors (Lipinski definition) is 0. The third kappa shape index (κ3) is 4.78. The van der Waals surface area contributed by atoms with E-state index in [2.05, 4.69) is 6.92 Å². The van der Waals surface area contributed by atoms with E-state index >= 15 is 0 Å². The molecule has 0 saturated heterocycles. The molecule has 3 rings (SSSR count).